The highest BCUT2D eigenvalue weighted by Gasteiger charge is 2.34. The van der Waals surface area contributed by atoms with Gasteiger partial charge >= 0.3 is 0 Å². The number of ether oxygens (including phenoxy) is 2. The molecule has 2 N–H and O–H groups in total. The van der Waals surface area contributed by atoms with E-state index in [1.165, 1.54) is 24.2 Å². The number of piperidine rings is 1. The molecular weight excluding hydrogens is 421 g/mol. The fourth-order valence-corrected chi connectivity index (χ4v) is 4.92. The molecule has 152 valence electrons. The van der Waals surface area contributed by atoms with Crippen LogP contribution in [-0.2, 0) is 0 Å². The number of carbonyl (C=O) groups is 1. The Hall–Kier alpha value is -1.54. The summed E-state index contributed by atoms with van der Waals surface area (Å²) in [6.45, 7) is 1.13. The number of nitrogens with zero attached hydrogens (tertiary/aromatic N) is 1. The third-order valence-electron chi connectivity index (χ3n) is 5.33. The zero-order valence-electron chi connectivity index (χ0n) is 15.2. The molecule has 2 bridgehead atoms. The van der Waals surface area contributed by atoms with Crippen molar-refractivity contribution in [2.24, 2.45) is 0 Å². The molecule has 1 amide bonds. The third-order valence-corrected chi connectivity index (χ3v) is 6.23. The smallest absolute Gasteiger partial charge is 0.270 e. The first-order valence-electron chi connectivity index (χ1n) is 9.17. The van der Waals surface area contributed by atoms with Crippen molar-refractivity contribution < 1.29 is 14.3 Å². The Morgan fingerprint density at radius 1 is 1.11 bits per heavy atom. The van der Waals surface area contributed by atoms with Crippen LogP contribution in [0.15, 0.2) is 23.6 Å². The molecule has 3 aliphatic heterocycles. The predicted octanol–water partition coefficient (Wildman–Crippen LogP) is 3.44. The molecule has 1 aromatic heterocycles. The molecule has 2 aromatic rings. The molecule has 2 unspecified atom stereocenters. The second-order valence-electron chi connectivity index (χ2n) is 7.18. The van der Waals surface area contributed by atoms with E-state index in [0.29, 0.717) is 31.0 Å². The molecule has 2 atom stereocenters. The Labute approximate surface area is 180 Å². The van der Waals surface area contributed by atoms with Crippen molar-refractivity contribution in [2.45, 2.75) is 43.8 Å². The number of carbonyl (C=O) groups excluding carboxylic acids is 1. The Balaban J connectivity index is 0.00000112. The monoisotopic (exact) mass is 443 g/mol. The first-order chi connectivity index (χ1) is 12.7. The molecule has 9 heteroatoms. The molecule has 2 saturated heterocycles. The van der Waals surface area contributed by atoms with Gasteiger partial charge in [0.1, 0.15) is 23.9 Å². The first-order valence-corrected chi connectivity index (χ1v) is 10.0. The van der Waals surface area contributed by atoms with Crippen LogP contribution >= 0.6 is 36.2 Å². The maximum absolute atomic E-state index is 12.6. The highest BCUT2D eigenvalue weighted by molar-refractivity contribution is 7.13. The van der Waals surface area contributed by atoms with Crippen molar-refractivity contribution in [1.29, 1.82) is 0 Å². The summed E-state index contributed by atoms with van der Waals surface area (Å²) in [6.07, 6.45) is 4.48. The summed E-state index contributed by atoms with van der Waals surface area (Å²) < 4.78 is 11.2. The Bertz CT molecular complexity index is 836. The SMILES string of the molecule is Cl.Cl.O=C(NC1CC2CCC(C1)N2)c1csc(-c2ccc3c(c2)OCCO3)n1. The van der Waals surface area contributed by atoms with Crippen LogP contribution in [0.3, 0.4) is 0 Å². The molecule has 6 nitrogen and oxygen atoms in total. The highest BCUT2D eigenvalue weighted by atomic mass is 35.5. The number of hydrogen-bond acceptors (Lipinski definition) is 6. The van der Waals surface area contributed by atoms with E-state index in [-0.39, 0.29) is 36.8 Å². The molecule has 28 heavy (non-hydrogen) atoms. The predicted molar refractivity (Wildman–Crippen MR) is 113 cm³/mol. The minimum absolute atomic E-state index is 0. The van der Waals surface area contributed by atoms with Gasteiger partial charge in [0, 0.05) is 29.1 Å². The molecule has 4 heterocycles. The van der Waals surface area contributed by atoms with E-state index in [9.17, 15) is 4.79 Å². The second kappa shape index (κ2) is 8.86. The summed E-state index contributed by atoms with van der Waals surface area (Å²) in [5, 5.41) is 9.42. The van der Waals surface area contributed by atoms with Gasteiger partial charge in [-0.15, -0.1) is 36.2 Å². The largest absolute Gasteiger partial charge is 0.486 e. The number of halogens is 2. The molecule has 2 fully saturated rings. The first kappa shape index (κ1) is 21.2. The lowest BCUT2D eigenvalue weighted by molar-refractivity contribution is 0.0919. The number of thiazole rings is 1. The summed E-state index contributed by atoms with van der Waals surface area (Å²) >= 11 is 1.48. The van der Waals surface area contributed by atoms with Gasteiger partial charge in [-0.1, -0.05) is 0 Å². The van der Waals surface area contributed by atoms with Crippen molar-refractivity contribution >= 4 is 42.1 Å². The lowest BCUT2D eigenvalue weighted by atomic mass is 10.00. The standard InChI is InChI=1S/C19H21N3O3S.2ClH/c23-18(21-14-8-12-2-3-13(9-14)20-12)15-10-26-19(22-15)11-1-4-16-17(7-11)25-6-5-24-16;;/h1,4,7,10,12-14,20H,2-3,5-6,8-9H2,(H,21,23);2*1H. The van der Waals surface area contributed by atoms with Gasteiger partial charge in [0.25, 0.3) is 5.91 Å². The normalized spacial score (nSPS) is 24.6. The van der Waals surface area contributed by atoms with Crippen LogP contribution in [0.25, 0.3) is 10.6 Å². The van der Waals surface area contributed by atoms with E-state index < -0.39 is 0 Å². The summed E-state index contributed by atoms with van der Waals surface area (Å²) in [4.78, 5) is 17.1. The number of amides is 1. The van der Waals surface area contributed by atoms with Crippen LogP contribution in [0.4, 0.5) is 0 Å². The number of rotatable bonds is 3. The van der Waals surface area contributed by atoms with E-state index in [1.54, 1.807) is 0 Å². The minimum Gasteiger partial charge on any atom is -0.486 e. The summed E-state index contributed by atoms with van der Waals surface area (Å²) in [7, 11) is 0. The van der Waals surface area contributed by atoms with E-state index >= 15 is 0 Å². The van der Waals surface area contributed by atoms with Crippen molar-refractivity contribution in [3.63, 3.8) is 0 Å². The third kappa shape index (κ3) is 4.22. The molecule has 1 aromatic carbocycles. The van der Waals surface area contributed by atoms with E-state index in [0.717, 1.165) is 34.9 Å². The Morgan fingerprint density at radius 3 is 2.57 bits per heavy atom. The van der Waals surface area contributed by atoms with Crippen LogP contribution in [-0.4, -0.2) is 42.2 Å². The van der Waals surface area contributed by atoms with Crippen LogP contribution in [0.1, 0.15) is 36.2 Å². The van der Waals surface area contributed by atoms with Gasteiger partial charge in [-0.2, -0.15) is 0 Å². The molecule has 5 rings (SSSR count). The maximum atomic E-state index is 12.6. The molecule has 3 aliphatic rings. The maximum Gasteiger partial charge on any atom is 0.270 e. The fraction of sp³-hybridized carbons (Fsp3) is 0.474. The molecule has 0 spiro atoms. The van der Waals surface area contributed by atoms with Crippen molar-refractivity contribution in [1.82, 2.24) is 15.6 Å². The van der Waals surface area contributed by atoms with Crippen LogP contribution in [0.5, 0.6) is 11.5 Å². The van der Waals surface area contributed by atoms with Gasteiger partial charge < -0.3 is 20.1 Å². The number of fused-ring (bicyclic) bond motifs is 3. The van der Waals surface area contributed by atoms with Crippen molar-refractivity contribution in [3.05, 3.63) is 29.3 Å². The van der Waals surface area contributed by atoms with Gasteiger partial charge in [0.15, 0.2) is 11.5 Å². The number of nitrogens with one attached hydrogen (secondary N) is 2. The fourth-order valence-electron chi connectivity index (χ4n) is 4.12. The van der Waals surface area contributed by atoms with E-state index in [2.05, 4.69) is 15.6 Å². The van der Waals surface area contributed by atoms with Crippen molar-refractivity contribution in [3.8, 4) is 22.1 Å². The van der Waals surface area contributed by atoms with Crippen molar-refractivity contribution in [2.75, 3.05) is 13.2 Å². The van der Waals surface area contributed by atoms with Crippen LogP contribution in [0.2, 0.25) is 0 Å². The molecule has 0 saturated carbocycles. The number of hydrogen-bond donors (Lipinski definition) is 2. The van der Waals surface area contributed by atoms with Crippen LogP contribution in [0, 0.1) is 0 Å². The summed E-state index contributed by atoms with van der Waals surface area (Å²) in [6, 6.07) is 7.15. The Morgan fingerprint density at radius 2 is 1.82 bits per heavy atom. The Kier molecular flexibility index (Phi) is 6.70. The topological polar surface area (TPSA) is 72.5 Å². The summed E-state index contributed by atoms with van der Waals surface area (Å²) in [5.41, 5.74) is 1.43. The molecule has 0 aliphatic carbocycles. The number of aromatic nitrogens is 1. The average Bonchev–Trinajstić information content (AvgIpc) is 3.28. The zero-order valence-corrected chi connectivity index (χ0v) is 17.6. The average molecular weight is 444 g/mol. The minimum atomic E-state index is -0.0728. The second-order valence-corrected chi connectivity index (χ2v) is 8.03. The van der Waals surface area contributed by atoms with E-state index in [1.807, 2.05) is 23.6 Å². The van der Waals surface area contributed by atoms with Gasteiger partial charge in [-0.25, -0.2) is 4.98 Å². The lowest BCUT2D eigenvalue weighted by Crippen LogP contribution is -2.48. The lowest BCUT2D eigenvalue weighted by Gasteiger charge is -2.29. The van der Waals surface area contributed by atoms with Gasteiger partial charge in [-0.05, 0) is 43.9 Å². The highest BCUT2D eigenvalue weighted by Crippen LogP contribution is 2.35. The molecular formula is C19H23Cl2N3O3S. The van der Waals surface area contributed by atoms with Gasteiger partial charge in [0.2, 0.25) is 0 Å². The quantitative estimate of drug-likeness (QED) is 0.759. The van der Waals surface area contributed by atoms with Gasteiger partial charge in [-0.3, -0.25) is 4.79 Å². The van der Waals surface area contributed by atoms with Crippen LogP contribution < -0.4 is 20.1 Å². The zero-order chi connectivity index (χ0) is 17.5. The van der Waals surface area contributed by atoms with Gasteiger partial charge in [0.05, 0.1) is 0 Å². The summed E-state index contributed by atoms with van der Waals surface area (Å²) in [5.74, 6) is 1.42. The molecule has 0 radical (unpaired) electrons. The van der Waals surface area contributed by atoms with E-state index in [4.69, 9.17) is 9.47 Å². The number of benzene rings is 1.